The summed E-state index contributed by atoms with van der Waals surface area (Å²) in [4.78, 5) is 8.93. The van der Waals surface area contributed by atoms with Crippen LogP contribution in [0.15, 0.2) is 41.4 Å². The van der Waals surface area contributed by atoms with Crippen LogP contribution in [-0.2, 0) is 12.8 Å². The molecule has 0 unspecified atom stereocenters. The van der Waals surface area contributed by atoms with Gasteiger partial charge >= 0.3 is 0 Å². The Bertz CT molecular complexity index is 809. The van der Waals surface area contributed by atoms with Gasteiger partial charge in [-0.1, -0.05) is 12.1 Å². The predicted octanol–water partition coefficient (Wildman–Crippen LogP) is 4.11. The van der Waals surface area contributed by atoms with Crippen LogP contribution in [0.25, 0.3) is 5.65 Å². The quantitative estimate of drug-likeness (QED) is 0.761. The Morgan fingerprint density at radius 3 is 3.05 bits per heavy atom. The van der Waals surface area contributed by atoms with Gasteiger partial charge in [0, 0.05) is 24.3 Å². The molecule has 1 aromatic carbocycles. The van der Waals surface area contributed by atoms with Crippen molar-refractivity contribution < 1.29 is 0 Å². The molecule has 0 aliphatic heterocycles. The normalized spacial score (nSPS) is 14.1. The summed E-state index contributed by atoms with van der Waals surface area (Å²) in [6.45, 7) is 0. The standard InChI is InChI=1S/C16H15BrN4/c17-14-10-21-9-8-18-16(21)15(20-14)19-13-7-3-5-11-4-1-2-6-12(11)13/h3,5,7-10H,1-2,4,6H2,(H,19,20). The molecule has 0 atom stereocenters. The molecule has 4 rings (SSSR count). The van der Waals surface area contributed by atoms with E-state index in [2.05, 4.69) is 49.4 Å². The lowest BCUT2D eigenvalue weighted by Crippen LogP contribution is -2.07. The van der Waals surface area contributed by atoms with Crippen LogP contribution in [0.5, 0.6) is 0 Å². The number of hydrogen-bond acceptors (Lipinski definition) is 3. The van der Waals surface area contributed by atoms with Gasteiger partial charge in [-0.05, 0) is 58.8 Å². The van der Waals surface area contributed by atoms with Crippen molar-refractivity contribution >= 4 is 33.1 Å². The molecular formula is C16H15BrN4. The van der Waals surface area contributed by atoms with E-state index < -0.39 is 0 Å². The highest BCUT2D eigenvalue weighted by atomic mass is 79.9. The number of benzene rings is 1. The molecule has 1 aliphatic carbocycles. The fourth-order valence-corrected chi connectivity index (χ4v) is 3.41. The van der Waals surface area contributed by atoms with Crippen molar-refractivity contribution in [1.29, 1.82) is 0 Å². The van der Waals surface area contributed by atoms with Gasteiger partial charge in [-0.15, -0.1) is 0 Å². The lowest BCUT2D eigenvalue weighted by Gasteiger charge is -2.20. The fraction of sp³-hybridized carbons (Fsp3) is 0.250. The van der Waals surface area contributed by atoms with Crippen LogP contribution in [0, 0.1) is 0 Å². The van der Waals surface area contributed by atoms with Crippen LogP contribution in [0.1, 0.15) is 24.0 Å². The van der Waals surface area contributed by atoms with E-state index >= 15 is 0 Å². The van der Waals surface area contributed by atoms with Crippen LogP contribution < -0.4 is 5.32 Å². The number of aromatic nitrogens is 3. The zero-order valence-electron chi connectivity index (χ0n) is 11.5. The van der Waals surface area contributed by atoms with Crippen LogP contribution in [0.2, 0.25) is 0 Å². The van der Waals surface area contributed by atoms with Gasteiger partial charge < -0.3 is 9.72 Å². The molecule has 4 nitrogen and oxygen atoms in total. The second-order valence-corrected chi connectivity index (χ2v) is 6.16. The van der Waals surface area contributed by atoms with Crippen molar-refractivity contribution in [3.05, 3.63) is 52.5 Å². The molecule has 0 saturated heterocycles. The second-order valence-electron chi connectivity index (χ2n) is 5.35. The third kappa shape index (κ3) is 2.31. The number of nitrogens with zero attached hydrogens (tertiary/aromatic N) is 3. The van der Waals surface area contributed by atoms with Gasteiger partial charge in [0.05, 0.1) is 0 Å². The first kappa shape index (κ1) is 12.8. The maximum atomic E-state index is 4.54. The fourth-order valence-electron chi connectivity index (χ4n) is 3.01. The van der Waals surface area contributed by atoms with Crippen molar-refractivity contribution in [2.24, 2.45) is 0 Å². The monoisotopic (exact) mass is 342 g/mol. The number of halogens is 1. The van der Waals surface area contributed by atoms with E-state index in [9.17, 15) is 0 Å². The summed E-state index contributed by atoms with van der Waals surface area (Å²) in [5.41, 5.74) is 4.88. The summed E-state index contributed by atoms with van der Waals surface area (Å²) in [6.07, 6.45) is 10.5. The van der Waals surface area contributed by atoms with Crippen LogP contribution in [0.4, 0.5) is 11.5 Å². The van der Waals surface area contributed by atoms with Crippen molar-refractivity contribution in [1.82, 2.24) is 14.4 Å². The highest BCUT2D eigenvalue weighted by molar-refractivity contribution is 9.10. The number of anilines is 2. The Hall–Kier alpha value is -1.88. The van der Waals surface area contributed by atoms with Crippen LogP contribution in [0.3, 0.4) is 0 Å². The zero-order valence-corrected chi connectivity index (χ0v) is 13.1. The lowest BCUT2D eigenvalue weighted by atomic mass is 9.90. The largest absolute Gasteiger partial charge is 0.337 e. The van der Waals surface area contributed by atoms with Gasteiger partial charge in [0.1, 0.15) is 4.60 Å². The predicted molar refractivity (Wildman–Crippen MR) is 87.1 cm³/mol. The van der Waals surface area contributed by atoms with E-state index in [1.165, 1.54) is 30.4 Å². The van der Waals surface area contributed by atoms with E-state index in [1.54, 1.807) is 6.20 Å². The molecule has 3 aromatic rings. The van der Waals surface area contributed by atoms with Crippen LogP contribution >= 0.6 is 15.9 Å². The molecule has 0 bridgehead atoms. The minimum absolute atomic E-state index is 0.786. The topological polar surface area (TPSA) is 42.2 Å². The zero-order chi connectivity index (χ0) is 14.2. The average molecular weight is 343 g/mol. The summed E-state index contributed by atoms with van der Waals surface area (Å²) in [5, 5.41) is 3.48. The highest BCUT2D eigenvalue weighted by Crippen LogP contribution is 2.30. The van der Waals surface area contributed by atoms with Crippen LogP contribution in [-0.4, -0.2) is 14.4 Å². The summed E-state index contributed by atoms with van der Waals surface area (Å²) in [6, 6.07) is 6.48. The molecule has 0 saturated carbocycles. The average Bonchev–Trinajstić information content (AvgIpc) is 2.96. The molecule has 1 aliphatic rings. The SMILES string of the molecule is Brc1cn2ccnc2c(Nc2cccc3c2CCCC3)n1. The Labute approximate surface area is 131 Å². The molecule has 0 spiro atoms. The lowest BCUT2D eigenvalue weighted by molar-refractivity contribution is 0.687. The molecular weight excluding hydrogens is 328 g/mol. The number of nitrogens with one attached hydrogen (secondary N) is 1. The molecule has 106 valence electrons. The number of hydrogen-bond donors (Lipinski definition) is 1. The summed E-state index contributed by atoms with van der Waals surface area (Å²) < 4.78 is 2.76. The van der Waals surface area contributed by atoms with Gasteiger partial charge in [0.25, 0.3) is 0 Å². The first-order chi connectivity index (χ1) is 10.3. The van der Waals surface area contributed by atoms with Gasteiger partial charge in [0.2, 0.25) is 0 Å². The number of rotatable bonds is 2. The van der Waals surface area contributed by atoms with Gasteiger partial charge in [-0.2, -0.15) is 0 Å². The smallest absolute Gasteiger partial charge is 0.180 e. The number of fused-ring (bicyclic) bond motifs is 2. The Balaban J connectivity index is 1.80. The van der Waals surface area contributed by atoms with Crippen molar-refractivity contribution in [3.8, 4) is 0 Å². The summed E-state index contributed by atoms with van der Waals surface area (Å²) >= 11 is 3.46. The van der Waals surface area contributed by atoms with E-state index in [0.717, 1.165) is 28.2 Å². The highest BCUT2D eigenvalue weighted by Gasteiger charge is 2.14. The van der Waals surface area contributed by atoms with Crippen molar-refractivity contribution in [3.63, 3.8) is 0 Å². The Morgan fingerprint density at radius 2 is 2.10 bits per heavy atom. The molecule has 0 radical (unpaired) electrons. The minimum atomic E-state index is 0.786. The summed E-state index contributed by atoms with van der Waals surface area (Å²) in [7, 11) is 0. The van der Waals surface area contributed by atoms with Crippen molar-refractivity contribution in [2.45, 2.75) is 25.7 Å². The minimum Gasteiger partial charge on any atom is -0.337 e. The third-order valence-corrected chi connectivity index (χ3v) is 4.38. The molecule has 5 heteroatoms. The molecule has 2 heterocycles. The maximum absolute atomic E-state index is 4.54. The third-order valence-electron chi connectivity index (χ3n) is 3.99. The number of imidazole rings is 1. The molecule has 21 heavy (non-hydrogen) atoms. The summed E-state index contributed by atoms with van der Waals surface area (Å²) in [5.74, 6) is 0.786. The van der Waals surface area contributed by atoms with E-state index in [1.807, 2.05) is 16.8 Å². The van der Waals surface area contributed by atoms with E-state index in [4.69, 9.17) is 0 Å². The molecule has 1 N–H and O–H groups in total. The number of aryl methyl sites for hydroxylation is 1. The van der Waals surface area contributed by atoms with Gasteiger partial charge in [0.15, 0.2) is 11.5 Å². The first-order valence-electron chi connectivity index (χ1n) is 7.18. The first-order valence-corrected chi connectivity index (χ1v) is 7.97. The Kier molecular flexibility index (Phi) is 3.15. The molecule has 0 amide bonds. The van der Waals surface area contributed by atoms with E-state index in [-0.39, 0.29) is 0 Å². The molecule has 0 fully saturated rings. The maximum Gasteiger partial charge on any atom is 0.180 e. The van der Waals surface area contributed by atoms with Gasteiger partial charge in [-0.3, -0.25) is 0 Å². The van der Waals surface area contributed by atoms with Gasteiger partial charge in [-0.25, -0.2) is 9.97 Å². The van der Waals surface area contributed by atoms with E-state index in [0.29, 0.717) is 0 Å². The van der Waals surface area contributed by atoms with Crippen molar-refractivity contribution in [2.75, 3.05) is 5.32 Å². The Morgan fingerprint density at radius 1 is 1.19 bits per heavy atom. The second kappa shape index (κ2) is 5.15. The molecule has 2 aromatic heterocycles.